The number of rotatable bonds is 2. The lowest BCUT2D eigenvalue weighted by molar-refractivity contribution is 0.0594. The summed E-state index contributed by atoms with van der Waals surface area (Å²) in [5.41, 5.74) is 1.27. The topological polar surface area (TPSA) is 44.1 Å². The van der Waals surface area contributed by atoms with Gasteiger partial charge in [-0.25, -0.2) is 9.78 Å². The molecule has 0 aliphatic carbocycles. The lowest BCUT2D eigenvalue weighted by Crippen LogP contribution is -2.00. The lowest BCUT2D eigenvalue weighted by Gasteiger charge is -1.99. The highest BCUT2D eigenvalue weighted by atomic mass is 16.5. The van der Waals surface area contributed by atoms with Crippen LogP contribution in [0, 0.1) is 0 Å². The van der Waals surface area contributed by atoms with E-state index in [1.807, 2.05) is 44.2 Å². The molecule has 0 spiro atoms. The molecule has 17 heavy (non-hydrogen) atoms. The van der Waals surface area contributed by atoms with Crippen molar-refractivity contribution in [3.05, 3.63) is 48.5 Å². The molecule has 1 aromatic carbocycles. The molecule has 0 aliphatic rings. The average molecular weight is 232 g/mol. The highest BCUT2D eigenvalue weighted by molar-refractivity contribution is 5.86. The molecule has 1 aromatic heterocycles. The van der Waals surface area contributed by atoms with Crippen molar-refractivity contribution in [3.8, 4) is 5.69 Å². The molecule has 2 rings (SSSR count). The van der Waals surface area contributed by atoms with Crippen LogP contribution in [0.1, 0.15) is 24.3 Å². The fraction of sp³-hybridized carbons (Fsp3) is 0.231. The van der Waals surface area contributed by atoms with Crippen LogP contribution in [0.5, 0.6) is 0 Å². The second kappa shape index (κ2) is 6.48. The maximum absolute atomic E-state index is 11.2. The second-order valence-electron chi connectivity index (χ2n) is 2.99. The number of benzene rings is 1. The molecule has 90 valence electrons. The molecule has 4 heteroatoms. The van der Waals surface area contributed by atoms with Gasteiger partial charge in [-0.3, -0.25) is 0 Å². The number of carbonyl (C=O) groups is 1. The van der Waals surface area contributed by atoms with E-state index in [2.05, 4.69) is 9.72 Å². The van der Waals surface area contributed by atoms with E-state index in [-0.39, 0.29) is 0 Å². The second-order valence-corrected chi connectivity index (χ2v) is 2.99. The van der Waals surface area contributed by atoms with Gasteiger partial charge in [-0.15, -0.1) is 0 Å². The third-order valence-electron chi connectivity index (χ3n) is 2.03. The number of nitrogens with zero attached hydrogens (tertiary/aromatic N) is 2. The van der Waals surface area contributed by atoms with Crippen LogP contribution in [0.3, 0.4) is 0 Å². The van der Waals surface area contributed by atoms with E-state index in [1.54, 1.807) is 17.1 Å². The summed E-state index contributed by atoms with van der Waals surface area (Å²) in [5, 5.41) is 0. The van der Waals surface area contributed by atoms with Gasteiger partial charge in [-0.05, 0) is 12.1 Å². The number of esters is 1. The molecule has 0 saturated heterocycles. The molecule has 2 aromatic rings. The molecule has 1 heterocycles. The fourth-order valence-electron chi connectivity index (χ4n) is 1.27. The predicted octanol–water partition coefficient (Wildman–Crippen LogP) is 2.69. The average Bonchev–Trinajstić information content (AvgIpc) is 2.91. The summed E-state index contributed by atoms with van der Waals surface area (Å²) in [6, 6.07) is 9.65. The molecular formula is C13H16N2O2. The minimum atomic E-state index is -0.426. The van der Waals surface area contributed by atoms with Crippen LogP contribution >= 0.6 is 0 Å². The predicted molar refractivity (Wildman–Crippen MR) is 66.3 cm³/mol. The van der Waals surface area contributed by atoms with Gasteiger partial charge in [-0.1, -0.05) is 32.0 Å². The molecular weight excluding hydrogens is 216 g/mol. The number of methoxy groups -OCH3 is 1. The van der Waals surface area contributed by atoms with Crippen molar-refractivity contribution in [2.24, 2.45) is 0 Å². The monoisotopic (exact) mass is 232 g/mol. The van der Waals surface area contributed by atoms with Gasteiger partial charge in [-0.2, -0.15) is 0 Å². The summed E-state index contributed by atoms with van der Waals surface area (Å²) in [5.74, 6) is -0.426. The zero-order valence-electron chi connectivity index (χ0n) is 10.3. The summed E-state index contributed by atoms with van der Waals surface area (Å²) in [7, 11) is 1.34. The van der Waals surface area contributed by atoms with Gasteiger partial charge in [0.2, 0.25) is 0 Å². The fourth-order valence-corrected chi connectivity index (χ4v) is 1.27. The van der Waals surface area contributed by atoms with E-state index in [0.29, 0.717) is 5.69 Å². The molecule has 0 aliphatic heterocycles. The van der Waals surface area contributed by atoms with Crippen molar-refractivity contribution in [2.45, 2.75) is 13.8 Å². The third-order valence-corrected chi connectivity index (χ3v) is 2.03. The Labute approximate surface area is 101 Å². The SMILES string of the molecule is CC.COC(=O)c1cn(-c2ccccc2)cn1. The number of carbonyl (C=O) groups excluding carboxylic acids is 1. The number of hydrogen-bond acceptors (Lipinski definition) is 3. The number of para-hydroxylation sites is 1. The van der Waals surface area contributed by atoms with E-state index in [1.165, 1.54) is 7.11 Å². The maximum atomic E-state index is 11.2. The quantitative estimate of drug-likeness (QED) is 0.748. The Hall–Kier alpha value is -2.10. The van der Waals surface area contributed by atoms with E-state index in [9.17, 15) is 4.79 Å². The highest BCUT2D eigenvalue weighted by Crippen LogP contribution is 2.08. The number of aromatic nitrogens is 2. The van der Waals surface area contributed by atoms with Crippen LogP contribution in [-0.4, -0.2) is 22.6 Å². The van der Waals surface area contributed by atoms with Crippen molar-refractivity contribution < 1.29 is 9.53 Å². The summed E-state index contributed by atoms with van der Waals surface area (Å²) < 4.78 is 6.34. The van der Waals surface area contributed by atoms with Crippen LogP contribution in [0.2, 0.25) is 0 Å². The minimum Gasteiger partial charge on any atom is -0.464 e. The van der Waals surface area contributed by atoms with Gasteiger partial charge in [0.05, 0.1) is 7.11 Å². The van der Waals surface area contributed by atoms with Crippen molar-refractivity contribution in [3.63, 3.8) is 0 Å². The van der Waals surface area contributed by atoms with Crippen LogP contribution in [-0.2, 0) is 4.74 Å². The molecule has 0 N–H and O–H groups in total. The molecule has 0 radical (unpaired) electrons. The Morgan fingerprint density at radius 3 is 2.47 bits per heavy atom. The van der Waals surface area contributed by atoms with Crippen molar-refractivity contribution >= 4 is 5.97 Å². The summed E-state index contributed by atoms with van der Waals surface area (Å²) in [4.78, 5) is 15.1. The lowest BCUT2D eigenvalue weighted by atomic mass is 10.3. The first-order valence-corrected chi connectivity index (χ1v) is 5.49. The molecule has 0 fully saturated rings. The van der Waals surface area contributed by atoms with E-state index in [0.717, 1.165) is 5.69 Å². The van der Waals surface area contributed by atoms with Gasteiger partial charge in [0.1, 0.15) is 6.33 Å². The van der Waals surface area contributed by atoms with Crippen molar-refractivity contribution in [1.82, 2.24) is 9.55 Å². The van der Waals surface area contributed by atoms with Crippen LogP contribution in [0.25, 0.3) is 5.69 Å². The molecule has 0 saturated carbocycles. The van der Waals surface area contributed by atoms with Crippen molar-refractivity contribution in [1.29, 1.82) is 0 Å². The van der Waals surface area contributed by atoms with Crippen LogP contribution in [0.15, 0.2) is 42.9 Å². The molecule has 0 unspecified atom stereocenters. The van der Waals surface area contributed by atoms with E-state index >= 15 is 0 Å². The number of ether oxygens (including phenoxy) is 1. The summed E-state index contributed by atoms with van der Waals surface area (Å²) >= 11 is 0. The van der Waals surface area contributed by atoms with Gasteiger partial charge in [0.25, 0.3) is 0 Å². The largest absolute Gasteiger partial charge is 0.464 e. The van der Waals surface area contributed by atoms with E-state index in [4.69, 9.17) is 0 Å². The van der Waals surface area contributed by atoms with E-state index < -0.39 is 5.97 Å². The van der Waals surface area contributed by atoms with Crippen LogP contribution < -0.4 is 0 Å². The number of imidazole rings is 1. The van der Waals surface area contributed by atoms with Gasteiger partial charge >= 0.3 is 5.97 Å². The first kappa shape index (κ1) is 13.0. The number of hydrogen-bond donors (Lipinski definition) is 0. The van der Waals surface area contributed by atoms with Gasteiger partial charge in [0, 0.05) is 11.9 Å². The Morgan fingerprint density at radius 1 is 1.24 bits per heavy atom. The maximum Gasteiger partial charge on any atom is 0.358 e. The zero-order chi connectivity index (χ0) is 12.7. The summed E-state index contributed by atoms with van der Waals surface area (Å²) in [6.07, 6.45) is 3.22. The third kappa shape index (κ3) is 3.17. The normalized spacial score (nSPS) is 9.12. The molecule has 4 nitrogen and oxygen atoms in total. The smallest absolute Gasteiger partial charge is 0.358 e. The van der Waals surface area contributed by atoms with Gasteiger partial charge < -0.3 is 9.30 Å². The van der Waals surface area contributed by atoms with Crippen molar-refractivity contribution in [2.75, 3.05) is 7.11 Å². The Bertz CT molecular complexity index is 463. The Balaban J connectivity index is 0.000000686. The molecule has 0 bridgehead atoms. The van der Waals surface area contributed by atoms with Gasteiger partial charge in [0.15, 0.2) is 5.69 Å². The zero-order valence-corrected chi connectivity index (χ0v) is 10.3. The molecule has 0 amide bonds. The Kier molecular flexibility index (Phi) is 4.94. The van der Waals surface area contributed by atoms with Crippen LogP contribution in [0.4, 0.5) is 0 Å². The first-order chi connectivity index (χ1) is 8.31. The first-order valence-electron chi connectivity index (χ1n) is 5.49. The highest BCUT2D eigenvalue weighted by Gasteiger charge is 2.08. The minimum absolute atomic E-state index is 0.307. The standard InChI is InChI=1S/C11H10N2O2.C2H6/c1-15-11(14)10-7-13(8-12-10)9-5-3-2-4-6-9;1-2/h2-8H,1H3;1-2H3. The Morgan fingerprint density at radius 2 is 1.88 bits per heavy atom. The molecule has 0 atom stereocenters. The summed E-state index contributed by atoms with van der Waals surface area (Å²) in [6.45, 7) is 4.00.